The third-order valence-electron chi connectivity index (χ3n) is 5.98. The maximum atomic E-state index is 12.6. The molecule has 5 nitrogen and oxygen atoms in total. The van der Waals surface area contributed by atoms with Crippen LogP contribution in [-0.2, 0) is 11.2 Å². The summed E-state index contributed by atoms with van der Waals surface area (Å²) in [5, 5.41) is 3.06. The second kappa shape index (κ2) is 7.84. The summed E-state index contributed by atoms with van der Waals surface area (Å²) in [7, 11) is 0. The van der Waals surface area contributed by atoms with Crippen molar-refractivity contribution in [3.63, 3.8) is 0 Å². The molecule has 2 N–H and O–H groups in total. The molecule has 2 aromatic carbocycles. The fraction of sp³-hybridized carbons (Fsp3) is 0.435. The Hall–Kier alpha value is -2.53. The summed E-state index contributed by atoms with van der Waals surface area (Å²) in [6.07, 6.45) is 1.85. The third-order valence-corrected chi connectivity index (χ3v) is 5.98. The van der Waals surface area contributed by atoms with E-state index < -0.39 is 0 Å². The number of hydrogen-bond donors (Lipinski definition) is 2. The fourth-order valence-corrected chi connectivity index (χ4v) is 4.09. The Morgan fingerprint density at radius 3 is 2.61 bits per heavy atom. The Morgan fingerprint density at radius 2 is 1.86 bits per heavy atom. The lowest BCUT2D eigenvalue weighted by Gasteiger charge is -2.32. The Bertz CT molecular complexity index is 894. The number of fused-ring (bicyclic) bond motifs is 2. The average molecular weight is 381 g/mol. The van der Waals surface area contributed by atoms with Crippen LogP contribution in [0, 0.1) is 13.8 Å². The normalized spacial score (nSPS) is 20.8. The van der Waals surface area contributed by atoms with E-state index in [4.69, 9.17) is 9.47 Å². The van der Waals surface area contributed by atoms with Crippen LogP contribution >= 0.6 is 0 Å². The molecule has 1 amide bonds. The highest BCUT2D eigenvalue weighted by molar-refractivity contribution is 5.91. The zero-order valence-corrected chi connectivity index (χ0v) is 16.9. The van der Waals surface area contributed by atoms with Crippen molar-refractivity contribution in [3.8, 4) is 11.5 Å². The van der Waals surface area contributed by atoms with E-state index in [-0.39, 0.29) is 11.9 Å². The summed E-state index contributed by atoms with van der Waals surface area (Å²) in [6.45, 7) is 9.13. The first kappa shape index (κ1) is 18.8. The summed E-state index contributed by atoms with van der Waals surface area (Å²) in [6, 6.07) is 10.6. The second-order valence-corrected chi connectivity index (χ2v) is 7.95. The summed E-state index contributed by atoms with van der Waals surface area (Å²) in [5.41, 5.74) is 5.87. The van der Waals surface area contributed by atoms with Gasteiger partial charge in [0.2, 0.25) is 0 Å². The van der Waals surface area contributed by atoms with Crippen LogP contribution in [0.5, 0.6) is 11.5 Å². The number of carbonyl (C=O) groups is 1. The first-order valence-corrected chi connectivity index (χ1v) is 10.2. The summed E-state index contributed by atoms with van der Waals surface area (Å²) >= 11 is 0. The van der Waals surface area contributed by atoms with Crippen LogP contribution in [0.15, 0.2) is 30.3 Å². The molecule has 28 heavy (non-hydrogen) atoms. The molecule has 0 fully saturated rings. The average Bonchev–Trinajstić information content (AvgIpc) is 2.90. The molecule has 0 aliphatic carbocycles. The Kier molecular flexibility index (Phi) is 5.27. The quantitative estimate of drug-likeness (QED) is 0.859. The number of carbonyl (C=O) groups excluding carboxylic acids is 1. The fourth-order valence-electron chi connectivity index (χ4n) is 4.09. The van der Waals surface area contributed by atoms with E-state index in [0.717, 1.165) is 36.6 Å². The molecule has 4 rings (SSSR count). The third kappa shape index (κ3) is 3.85. The van der Waals surface area contributed by atoms with E-state index in [0.29, 0.717) is 19.8 Å². The highest BCUT2D eigenvalue weighted by atomic mass is 16.5. The molecule has 0 spiro atoms. The van der Waals surface area contributed by atoms with Crippen molar-refractivity contribution < 1.29 is 19.2 Å². The molecule has 2 aliphatic heterocycles. The minimum absolute atomic E-state index is 0.0582. The number of rotatable bonds is 3. The van der Waals surface area contributed by atoms with Crippen LogP contribution in [0.2, 0.25) is 0 Å². The van der Waals surface area contributed by atoms with Gasteiger partial charge in [-0.05, 0) is 61.7 Å². The highest BCUT2D eigenvalue weighted by Crippen LogP contribution is 2.35. The lowest BCUT2D eigenvalue weighted by Crippen LogP contribution is -3.14. The van der Waals surface area contributed by atoms with E-state index in [1.54, 1.807) is 0 Å². The summed E-state index contributed by atoms with van der Waals surface area (Å²) < 4.78 is 11.7. The van der Waals surface area contributed by atoms with Crippen LogP contribution in [0.4, 0.5) is 5.69 Å². The summed E-state index contributed by atoms with van der Waals surface area (Å²) in [5.74, 6) is 1.76. The predicted octanol–water partition coefficient (Wildman–Crippen LogP) is 2.61. The van der Waals surface area contributed by atoms with Crippen molar-refractivity contribution in [2.45, 2.75) is 39.7 Å². The smallest absolute Gasteiger partial charge is 0.279 e. The van der Waals surface area contributed by atoms with Crippen molar-refractivity contribution in [1.29, 1.82) is 0 Å². The largest absolute Gasteiger partial charge is 0.490 e. The maximum Gasteiger partial charge on any atom is 0.279 e. The molecule has 1 unspecified atom stereocenters. The standard InChI is InChI=1S/C23H28N2O3/c1-15-5-6-19(11-16(15)2)24-23(26)14-25-8-7-18-12-21-22(13-20(18)17(25)3)28-10-4-9-27-21/h5-6,11-13,17H,4,7-10,14H2,1-3H3,(H,24,26)/p+1/t17-/m0/s1. The lowest BCUT2D eigenvalue weighted by molar-refractivity contribution is -0.924. The van der Waals surface area contributed by atoms with Crippen LogP contribution in [0.25, 0.3) is 0 Å². The van der Waals surface area contributed by atoms with Crippen LogP contribution < -0.4 is 19.7 Å². The molecule has 0 saturated heterocycles. The van der Waals surface area contributed by atoms with Gasteiger partial charge in [0.15, 0.2) is 18.0 Å². The van der Waals surface area contributed by atoms with Gasteiger partial charge in [0.05, 0.1) is 19.8 Å². The van der Waals surface area contributed by atoms with Gasteiger partial charge in [-0.1, -0.05) is 6.07 Å². The number of quaternary nitrogens is 1. The van der Waals surface area contributed by atoms with Crippen LogP contribution in [-0.4, -0.2) is 32.2 Å². The van der Waals surface area contributed by atoms with Gasteiger partial charge < -0.3 is 19.7 Å². The molecular weight excluding hydrogens is 352 g/mol. The minimum Gasteiger partial charge on any atom is -0.490 e. The molecule has 148 valence electrons. The van der Waals surface area contributed by atoms with Crippen LogP contribution in [0.3, 0.4) is 0 Å². The van der Waals surface area contributed by atoms with Gasteiger partial charge in [0, 0.05) is 24.1 Å². The number of nitrogens with one attached hydrogen (secondary N) is 2. The van der Waals surface area contributed by atoms with Gasteiger partial charge in [-0.25, -0.2) is 0 Å². The number of hydrogen-bond acceptors (Lipinski definition) is 3. The Morgan fingerprint density at radius 1 is 1.11 bits per heavy atom. The molecule has 0 bridgehead atoms. The summed E-state index contributed by atoms with van der Waals surface area (Å²) in [4.78, 5) is 13.9. The molecule has 2 aliphatic rings. The van der Waals surface area contributed by atoms with Gasteiger partial charge >= 0.3 is 0 Å². The number of aryl methyl sites for hydroxylation is 2. The number of benzene rings is 2. The van der Waals surface area contributed by atoms with E-state index in [1.807, 2.05) is 18.2 Å². The lowest BCUT2D eigenvalue weighted by atomic mass is 9.93. The Balaban J connectivity index is 1.46. The van der Waals surface area contributed by atoms with Gasteiger partial charge in [0.25, 0.3) is 5.91 Å². The van der Waals surface area contributed by atoms with Crippen molar-refractivity contribution in [3.05, 3.63) is 52.6 Å². The molecule has 2 aromatic rings. The monoisotopic (exact) mass is 381 g/mol. The van der Waals surface area contributed by atoms with E-state index in [9.17, 15) is 4.79 Å². The van der Waals surface area contributed by atoms with E-state index >= 15 is 0 Å². The topological polar surface area (TPSA) is 52.0 Å². The molecule has 5 heteroatoms. The van der Waals surface area contributed by atoms with Crippen molar-refractivity contribution in [1.82, 2.24) is 0 Å². The first-order chi connectivity index (χ1) is 13.5. The number of anilines is 1. The van der Waals surface area contributed by atoms with Gasteiger partial charge in [-0.3, -0.25) is 4.79 Å². The van der Waals surface area contributed by atoms with Gasteiger partial charge in [-0.15, -0.1) is 0 Å². The highest BCUT2D eigenvalue weighted by Gasteiger charge is 2.31. The maximum absolute atomic E-state index is 12.6. The van der Waals surface area contributed by atoms with Gasteiger partial charge in [0.1, 0.15) is 6.04 Å². The zero-order chi connectivity index (χ0) is 19.7. The second-order valence-electron chi connectivity index (χ2n) is 7.95. The van der Waals surface area contributed by atoms with Crippen molar-refractivity contribution in [2.24, 2.45) is 0 Å². The SMILES string of the molecule is Cc1ccc(NC(=O)C[NH+]2CCc3cc4c(cc3[C@@H]2C)OCCCO4)cc1C. The molecule has 0 aromatic heterocycles. The first-order valence-electron chi connectivity index (χ1n) is 10.2. The number of ether oxygens (including phenoxy) is 2. The molecule has 0 saturated carbocycles. The number of amides is 1. The van der Waals surface area contributed by atoms with Crippen molar-refractivity contribution in [2.75, 3.05) is 31.6 Å². The molecule has 2 atom stereocenters. The minimum atomic E-state index is 0.0582. The van der Waals surface area contributed by atoms with Crippen LogP contribution in [0.1, 0.15) is 41.6 Å². The zero-order valence-electron chi connectivity index (χ0n) is 16.9. The predicted molar refractivity (Wildman–Crippen MR) is 109 cm³/mol. The van der Waals surface area contributed by atoms with E-state index in [1.165, 1.54) is 27.2 Å². The molecule has 2 heterocycles. The molecular formula is C23H29N2O3+. The molecule has 0 radical (unpaired) electrons. The van der Waals surface area contributed by atoms with Crippen molar-refractivity contribution >= 4 is 11.6 Å². The Labute approximate surface area is 166 Å². The van der Waals surface area contributed by atoms with E-state index in [2.05, 4.69) is 38.2 Å². The van der Waals surface area contributed by atoms with Gasteiger partial charge in [-0.2, -0.15) is 0 Å².